The molecule has 1 amide bonds. The van der Waals surface area contributed by atoms with Crippen LogP contribution < -0.4 is 14.8 Å². The summed E-state index contributed by atoms with van der Waals surface area (Å²) in [7, 11) is 3.08. The molecule has 0 bridgehead atoms. The number of ether oxygens (including phenoxy) is 2. The molecule has 0 aliphatic heterocycles. The van der Waals surface area contributed by atoms with Crippen LogP contribution in [0.5, 0.6) is 11.5 Å². The van der Waals surface area contributed by atoms with Gasteiger partial charge in [0, 0.05) is 16.3 Å². The van der Waals surface area contributed by atoms with Gasteiger partial charge < -0.3 is 14.8 Å². The van der Waals surface area contributed by atoms with Crippen molar-refractivity contribution in [2.45, 2.75) is 4.90 Å². The minimum atomic E-state index is -0.306. The van der Waals surface area contributed by atoms with E-state index in [9.17, 15) is 4.79 Å². The van der Waals surface area contributed by atoms with E-state index in [0.29, 0.717) is 22.9 Å². The lowest BCUT2D eigenvalue weighted by molar-refractivity contribution is 0.102. The Balaban J connectivity index is 1.64. The van der Waals surface area contributed by atoms with E-state index in [0.717, 1.165) is 22.0 Å². The molecule has 152 valence electrons. The maximum absolute atomic E-state index is 12.8. The van der Waals surface area contributed by atoms with Crippen LogP contribution in [0.2, 0.25) is 0 Å². The summed E-state index contributed by atoms with van der Waals surface area (Å²) in [6.07, 6.45) is 2.06. The first kappa shape index (κ1) is 19.8. The van der Waals surface area contributed by atoms with Crippen molar-refractivity contribution in [1.29, 1.82) is 0 Å². The van der Waals surface area contributed by atoms with Crippen LogP contribution in [0.4, 0.5) is 5.82 Å². The SMILES string of the molecule is COc1ccc(C(=O)Nc2n[nH]c3cc(-c4ccccc4SC)ccc23)c(OC)c1. The van der Waals surface area contributed by atoms with Gasteiger partial charge in [-0.15, -0.1) is 11.8 Å². The Morgan fingerprint density at radius 2 is 1.87 bits per heavy atom. The highest BCUT2D eigenvalue weighted by atomic mass is 32.2. The number of nitrogens with zero attached hydrogens (tertiary/aromatic N) is 1. The van der Waals surface area contributed by atoms with Crippen LogP contribution in [-0.4, -0.2) is 36.6 Å². The van der Waals surface area contributed by atoms with Gasteiger partial charge in [0.15, 0.2) is 5.82 Å². The van der Waals surface area contributed by atoms with E-state index < -0.39 is 0 Å². The van der Waals surface area contributed by atoms with E-state index in [2.05, 4.69) is 33.9 Å². The Hall–Kier alpha value is -3.45. The summed E-state index contributed by atoms with van der Waals surface area (Å²) in [5.41, 5.74) is 3.50. The van der Waals surface area contributed by atoms with Gasteiger partial charge in [0.2, 0.25) is 0 Å². The normalized spacial score (nSPS) is 10.8. The maximum Gasteiger partial charge on any atom is 0.260 e. The van der Waals surface area contributed by atoms with Crippen LogP contribution in [0, 0.1) is 0 Å². The van der Waals surface area contributed by atoms with E-state index in [4.69, 9.17) is 9.47 Å². The Morgan fingerprint density at radius 3 is 2.63 bits per heavy atom. The molecular formula is C23H21N3O3S. The van der Waals surface area contributed by atoms with Gasteiger partial charge in [-0.3, -0.25) is 9.89 Å². The van der Waals surface area contributed by atoms with Gasteiger partial charge in [0.05, 0.1) is 25.3 Å². The second-order valence-electron chi connectivity index (χ2n) is 6.55. The highest BCUT2D eigenvalue weighted by molar-refractivity contribution is 7.98. The summed E-state index contributed by atoms with van der Waals surface area (Å²) in [5, 5.41) is 11.0. The van der Waals surface area contributed by atoms with Crippen molar-refractivity contribution in [2.24, 2.45) is 0 Å². The number of carbonyl (C=O) groups is 1. The molecule has 0 aliphatic carbocycles. The first-order chi connectivity index (χ1) is 14.6. The number of rotatable bonds is 6. The van der Waals surface area contributed by atoms with Crippen molar-refractivity contribution in [1.82, 2.24) is 10.2 Å². The number of anilines is 1. The lowest BCUT2D eigenvalue weighted by atomic mass is 10.0. The summed E-state index contributed by atoms with van der Waals surface area (Å²) in [6.45, 7) is 0. The molecule has 0 radical (unpaired) electrons. The molecule has 0 atom stereocenters. The molecule has 0 saturated heterocycles. The molecule has 4 rings (SSSR count). The fourth-order valence-electron chi connectivity index (χ4n) is 3.33. The number of carbonyl (C=O) groups excluding carboxylic acids is 1. The van der Waals surface area contributed by atoms with Crippen LogP contribution >= 0.6 is 11.8 Å². The van der Waals surface area contributed by atoms with Crippen LogP contribution in [0.25, 0.3) is 22.0 Å². The number of benzene rings is 3. The maximum atomic E-state index is 12.8. The van der Waals surface area contributed by atoms with Gasteiger partial charge in [-0.05, 0) is 47.7 Å². The summed E-state index contributed by atoms with van der Waals surface area (Å²) in [5.74, 6) is 1.21. The third-order valence-electron chi connectivity index (χ3n) is 4.87. The van der Waals surface area contributed by atoms with E-state index in [1.54, 1.807) is 37.1 Å². The molecule has 2 N–H and O–H groups in total. The Bertz CT molecular complexity index is 1220. The van der Waals surface area contributed by atoms with Crippen LogP contribution in [0.1, 0.15) is 10.4 Å². The molecule has 0 aliphatic rings. The van der Waals surface area contributed by atoms with Gasteiger partial charge >= 0.3 is 0 Å². The second kappa shape index (κ2) is 8.51. The number of H-pyrrole nitrogens is 1. The topological polar surface area (TPSA) is 76.2 Å². The number of aromatic nitrogens is 2. The number of hydrogen-bond acceptors (Lipinski definition) is 5. The highest BCUT2D eigenvalue weighted by Gasteiger charge is 2.16. The molecule has 4 aromatic rings. The minimum Gasteiger partial charge on any atom is -0.497 e. The van der Waals surface area contributed by atoms with Crippen molar-refractivity contribution in [2.75, 3.05) is 25.8 Å². The second-order valence-corrected chi connectivity index (χ2v) is 7.40. The van der Waals surface area contributed by atoms with E-state index >= 15 is 0 Å². The van der Waals surface area contributed by atoms with Crippen LogP contribution in [-0.2, 0) is 0 Å². The molecular weight excluding hydrogens is 398 g/mol. The molecule has 0 saturated carbocycles. The largest absolute Gasteiger partial charge is 0.497 e. The monoisotopic (exact) mass is 419 g/mol. The number of thioether (sulfide) groups is 1. The quantitative estimate of drug-likeness (QED) is 0.419. The van der Waals surface area contributed by atoms with E-state index in [1.165, 1.54) is 12.0 Å². The van der Waals surface area contributed by atoms with E-state index in [-0.39, 0.29) is 5.91 Å². The molecule has 1 aromatic heterocycles. The average Bonchev–Trinajstić information content (AvgIpc) is 3.20. The molecule has 3 aromatic carbocycles. The molecule has 6 nitrogen and oxygen atoms in total. The smallest absolute Gasteiger partial charge is 0.260 e. The molecule has 7 heteroatoms. The first-order valence-corrected chi connectivity index (χ1v) is 10.5. The van der Waals surface area contributed by atoms with Crippen molar-refractivity contribution < 1.29 is 14.3 Å². The summed E-state index contributed by atoms with van der Waals surface area (Å²) in [6, 6.07) is 19.4. The van der Waals surface area contributed by atoms with Crippen molar-refractivity contribution in [3.8, 4) is 22.6 Å². The van der Waals surface area contributed by atoms with E-state index in [1.807, 2.05) is 30.3 Å². The number of fused-ring (bicyclic) bond motifs is 1. The number of nitrogens with one attached hydrogen (secondary N) is 2. The highest BCUT2D eigenvalue weighted by Crippen LogP contribution is 2.33. The molecule has 0 unspecified atom stereocenters. The van der Waals surface area contributed by atoms with Gasteiger partial charge in [-0.1, -0.05) is 24.3 Å². The molecule has 30 heavy (non-hydrogen) atoms. The van der Waals surface area contributed by atoms with Crippen LogP contribution in [0.15, 0.2) is 65.6 Å². The number of methoxy groups -OCH3 is 2. The Kier molecular flexibility index (Phi) is 5.63. The summed E-state index contributed by atoms with van der Waals surface area (Å²) >= 11 is 1.71. The third kappa shape index (κ3) is 3.71. The standard InChI is InChI=1S/C23H21N3O3S/c1-28-15-9-11-18(20(13-15)29-2)23(27)24-22-17-10-8-14(12-19(17)25-26-22)16-6-4-5-7-21(16)30-3/h4-13H,1-3H3,(H2,24,25,26,27). The van der Waals surface area contributed by atoms with Crippen molar-refractivity contribution in [3.63, 3.8) is 0 Å². The molecule has 0 fully saturated rings. The van der Waals surface area contributed by atoms with Gasteiger partial charge in [0.1, 0.15) is 11.5 Å². The summed E-state index contributed by atoms with van der Waals surface area (Å²) < 4.78 is 10.5. The number of amides is 1. The minimum absolute atomic E-state index is 0.306. The Labute approximate surface area is 178 Å². The lowest BCUT2D eigenvalue weighted by Gasteiger charge is -2.10. The van der Waals surface area contributed by atoms with Crippen LogP contribution in [0.3, 0.4) is 0 Å². The first-order valence-electron chi connectivity index (χ1n) is 9.29. The number of hydrogen-bond donors (Lipinski definition) is 2. The molecule has 1 heterocycles. The van der Waals surface area contributed by atoms with Crippen molar-refractivity contribution in [3.05, 3.63) is 66.2 Å². The zero-order valence-electron chi connectivity index (χ0n) is 16.9. The fraction of sp³-hybridized carbons (Fsp3) is 0.130. The number of aromatic amines is 1. The average molecular weight is 420 g/mol. The third-order valence-corrected chi connectivity index (χ3v) is 5.66. The van der Waals surface area contributed by atoms with Crippen molar-refractivity contribution >= 4 is 34.4 Å². The van der Waals surface area contributed by atoms with Gasteiger partial charge in [0.25, 0.3) is 5.91 Å². The predicted octanol–water partition coefficient (Wildman–Crippen LogP) is 5.22. The summed E-state index contributed by atoms with van der Waals surface area (Å²) in [4.78, 5) is 14.0. The fourth-order valence-corrected chi connectivity index (χ4v) is 3.95. The lowest BCUT2D eigenvalue weighted by Crippen LogP contribution is -2.13. The van der Waals surface area contributed by atoms with Gasteiger partial charge in [-0.2, -0.15) is 5.10 Å². The predicted molar refractivity (Wildman–Crippen MR) is 121 cm³/mol. The molecule has 0 spiro atoms. The van der Waals surface area contributed by atoms with Gasteiger partial charge in [-0.25, -0.2) is 0 Å². The zero-order valence-corrected chi connectivity index (χ0v) is 17.7. The zero-order chi connectivity index (χ0) is 21.1. The Morgan fingerprint density at radius 1 is 1.03 bits per heavy atom.